The molecule has 52 valence electrons. The number of nitrogens with one attached hydrogen (secondary N) is 1. The third kappa shape index (κ3) is 4.96. The molecule has 0 aromatic rings. The average molecular weight is 131 g/mol. The zero-order chi connectivity index (χ0) is 7.28. The summed E-state index contributed by atoms with van der Waals surface area (Å²) in [5.74, 6) is -0.651. The minimum absolute atomic E-state index is 0.000602. The highest BCUT2D eigenvalue weighted by Gasteiger charge is 1.97. The molecule has 0 saturated carbocycles. The molecular formula is C5H9NO3. The van der Waals surface area contributed by atoms with Crippen molar-refractivity contribution in [1.29, 1.82) is 0 Å². The van der Waals surface area contributed by atoms with E-state index in [1.165, 1.54) is 6.92 Å². The van der Waals surface area contributed by atoms with Gasteiger partial charge in [0, 0.05) is 0 Å². The van der Waals surface area contributed by atoms with E-state index in [0.29, 0.717) is 0 Å². The lowest BCUT2D eigenvalue weighted by Gasteiger charge is -1.96. The fraction of sp³-hybridized carbons (Fsp3) is 0.600. The number of carbonyl (C=O) groups excluding carboxylic acids is 2. The highest BCUT2D eigenvalue weighted by Crippen LogP contribution is 1.65. The van der Waals surface area contributed by atoms with Crippen molar-refractivity contribution in [3.8, 4) is 0 Å². The number of carbonyl (C=O) groups is 2. The number of aliphatic hydroxyl groups is 1. The van der Waals surface area contributed by atoms with Gasteiger partial charge in [-0.2, -0.15) is 0 Å². The van der Waals surface area contributed by atoms with E-state index >= 15 is 0 Å². The van der Waals surface area contributed by atoms with Crippen LogP contribution in [-0.4, -0.2) is 29.9 Å². The van der Waals surface area contributed by atoms with Gasteiger partial charge in [0.25, 0.3) is 0 Å². The Balaban J connectivity index is 3.28. The van der Waals surface area contributed by atoms with Gasteiger partial charge in [-0.3, -0.25) is 9.59 Å². The molecule has 0 atom stereocenters. The van der Waals surface area contributed by atoms with Gasteiger partial charge in [-0.15, -0.1) is 0 Å². The molecule has 0 radical (unpaired) electrons. The quantitative estimate of drug-likeness (QED) is 0.499. The number of Topliss-reactive ketones (excluding diaryl/α,β-unsaturated/α-hetero) is 1. The third-order valence-electron chi connectivity index (χ3n) is 0.678. The van der Waals surface area contributed by atoms with Crippen molar-refractivity contribution in [2.24, 2.45) is 0 Å². The number of rotatable bonds is 3. The normalized spacial score (nSPS) is 8.67. The van der Waals surface area contributed by atoms with Crippen molar-refractivity contribution in [3.63, 3.8) is 0 Å². The molecule has 0 spiro atoms. The molecule has 0 aromatic heterocycles. The smallest absolute Gasteiger partial charge is 0.246 e. The van der Waals surface area contributed by atoms with E-state index in [0.717, 1.165) is 0 Å². The van der Waals surface area contributed by atoms with Crippen LogP contribution >= 0.6 is 0 Å². The second-order valence-corrected chi connectivity index (χ2v) is 1.64. The molecule has 0 rings (SSSR count). The number of hydrogen-bond acceptors (Lipinski definition) is 3. The van der Waals surface area contributed by atoms with Crippen LogP contribution in [0.25, 0.3) is 0 Å². The minimum atomic E-state index is -0.562. The molecule has 0 heterocycles. The summed E-state index contributed by atoms with van der Waals surface area (Å²) in [6, 6.07) is 0. The van der Waals surface area contributed by atoms with Crippen molar-refractivity contribution >= 4 is 11.7 Å². The summed E-state index contributed by atoms with van der Waals surface area (Å²) in [5, 5.41) is 10.3. The Morgan fingerprint density at radius 3 is 2.44 bits per heavy atom. The molecular weight excluding hydrogens is 122 g/mol. The zero-order valence-electron chi connectivity index (χ0n) is 5.18. The molecule has 4 nitrogen and oxygen atoms in total. The zero-order valence-corrected chi connectivity index (χ0v) is 5.18. The van der Waals surface area contributed by atoms with Gasteiger partial charge in [0.15, 0.2) is 0 Å². The van der Waals surface area contributed by atoms with Crippen LogP contribution in [0.2, 0.25) is 0 Å². The van der Waals surface area contributed by atoms with E-state index < -0.39 is 12.5 Å². The van der Waals surface area contributed by atoms with Crippen molar-refractivity contribution in [2.45, 2.75) is 6.92 Å². The molecule has 0 saturated heterocycles. The van der Waals surface area contributed by atoms with E-state index in [1.54, 1.807) is 0 Å². The first-order valence-corrected chi connectivity index (χ1v) is 2.54. The van der Waals surface area contributed by atoms with Gasteiger partial charge >= 0.3 is 0 Å². The maximum atomic E-state index is 10.2. The molecule has 1 amide bonds. The minimum Gasteiger partial charge on any atom is -0.387 e. The van der Waals surface area contributed by atoms with Gasteiger partial charge in [-0.25, -0.2) is 0 Å². The Kier molecular flexibility index (Phi) is 3.62. The topological polar surface area (TPSA) is 66.4 Å². The lowest BCUT2D eigenvalue weighted by molar-refractivity contribution is -0.126. The lowest BCUT2D eigenvalue weighted by atomic mass is 10.4. The van der Waals surface area contributed by atoms with Gasteiger partial charge in [0.1, 0.15) is 12.4 Å². The molecule has 2 N–H and O–H groups in total. The van der Waals surface area contributed by atoms with Crippen LogP contribution in [0.4, 0.5) is 0 Å². The average Bonchev–Trinajstić information content (AvgIpc) is 1.83. The Labute approximate surface area is 52.9 Å². The molecule has 0 aromatic carbocycles. The second kappa shape index (κ2) is 4.03. The van der Waals surface area contributed by atoms with Crippen LogP contribution in [-0.2, 0) is 9.59 Å². The first-order chi connectivity index (χ1) is 4.16. The van der Waals surface area contributed by atoms with Crippen molar-refractivity contribution in [2.75, 3.05) is 13.2 Å². The maximum absolute atomic E-state index is 10.2. The summed E-state index contributed by atoms with van der Waals surface area (Å²) in [7, 11) is 0. The van der Waals surface area contributed by atoms with Crippen molar-refractivity contribution < 1.29 is 14.7 Å². The predicted molar refractivity (Wildman–Crippen MR) is 30.8 cm³/mol. The fourth-order valence-electron chi connectivity index (χ4n) is 0.279. The van der Waals surface area contributed by atoms with Crippen molar-refractivity contribution in [1.82, 2.24) is 5.32 Å². The highest BCUT2D eigenvalue weighted by atomic mass is 16.3. The Bertz CT molecular complexity index is 121. The number of amides is 1. The van der Waals surface area contributed by atoms with Crippen LogP contribution in [0.15, 0.2) is 0 Å². The molecule has 9 heavy (non-hydrogen) atoms. The molecule has 0 aliphatic rings. The highest BCUT2D eigenvalue weighted by molar-refractivity contribution is 5.84. The van der Waals surface area contributed by atoms with Crippen LogP contribution in [0, 0.1) is 0 Å². The third-order valence-corrected chi connectivity index (χ3v) is 0.678. The predicted octanol–water partition coefficient (Wildman–Crippen LogP) is -1.32. The standard InChI is InChI=1S/C5H9NO3/c1-4(8)2-6-5(9)3-7/h7H,2-3H2,1H3,(H,6,9). The second-order valence-electron chi connectivity index (χ2n) is 1.64. The molecule has 0 bridgehead atoms. The van der Waals surface area contributed by atoms with E-state index in [-0.39, 0.29) is 12.3 Å². The fourth-order valence-corrected chi connectivity index (χ4v) is 0.279. The summed E-state index contributed by atoms with van der Waals surface area (Å²) in [6.45, 7) is 0.796. The molecule has 4 heteroatoms. The van der Waals surface area contributed by atoms with Crippen LogP contribution in [0.3, 0.4) is 0 Å². The van der Waals surface area contributed by atoms with Gasteiger partial charge in [-0.1, -0.05) is 0 Å². The Morgan fingerprint density at radius 1 is 1.56 bits per heavy atom. The number of aliphatic hydroxyl groups excluding tert-OH is 1. The van der Waals surface area contributed by atoms with E-state index in [4.69, 9.17) is 5.11 Å². The first kappa shape index (κ1) is 8.10. The number of hydrogen-bond donors (Lipinski definition) is 2. The van der Waals surface area contributed by atoms with E-state index in [1.807, 2.05) is 0 Å². The van der Waals surface area contributed by atoms with Crippen LogP contribution < -0.4 is 5.32 Å². The van der Waals surface area contributed by atoms with Gasteiger partial charge in [0.2, 0.25) is 5.91 Å². The molecule has 0 aliphatic carbocycles. The SMILES string of the molecule is CC(=O)CNC(=O)CO. The molecule has 0 fully saturated rings. The largest absolute Gasteiger partial charge is 0.387 e. The van der Waals surface area contributed by atoms with Gasteiger partial charge in [0.05, 0.1) is 6.54 Å². The molecule has 0 aliphatic heterocycles. The lowest BCUT2D eigenvalue weighted by Crippen LogP contribution is -2.30. The van der Waals surface area contributed by atoms with E-state index in [9.17, 15) is 9.59 Å². The van der Waals surface area contributed by atoms with Crippen LogP contribution in [0.1, 0.15) is 6.92 Å². The van der Waals surface area contributed by atoms with Gasteiger partial charge < -0.3 is 10.4 Å². The summed E-state index contributed by atoms with van der Waals surface area (Å²) in [6.07, 6.45) is 0. The monoisotopic (exact) mass is 131 g/mol. The first-order valence-electron chi connectivity index (χ1n) is 2.54. The summed E-state index contributed by atoms with van der Waals surface area (Å²) in [5.41, 5.74) is 0. The summed E-state index contributed by atoms with van der Waals surface area (Å²) in [4.78, 5) is 20.4. The molecule has 0 unspecified atom stereocenters. The summed E-state index contributed by atoms with van der Waals surface area (Å²) < 4.78 is 0. The maximum Gasteiger partial charge on any atom is 0.246 e. The number of ketones is 1. The van der Waals surface area contributed by atoms with Crippen LogP contribution in [0.5, 0.6) is 0 Å². The Morgan fingerprint density at radius 2 is 2.11 bits per heavy atom. The van der Waals surface area contributed by atoms with Crippen molar-refractivity contribution in [3.05, 3.63) is 0 Å². The van der Waals surface area contributed by atoms with Gasteiger partial charge in [-0.05, 0) is 6.92 Å². The summed E-state index contributed by atoms with van der Waals surface area (Å²) >= 11 is 0. The Hall–Kier alpha value is -0.900. The van der Waals surface area contributed by atoms with E-state index in [2.05, 4.69) is 5.32 Å².